The van der Waals surface area contributed by atoms with Gasteiger partial charge in [-0.15, -0.1) is 0 Å². The molecule has 0 radical (unpaired) electrons. The maximum atomic E-state index is 9.94. The number of aliphatic hydroxyl groups is 1. The zero-order chi connectivity index (χ0) is 12.8. The Bertz CT molecular complexity index is 350. The number of hydrogen-bond donors (Lipinski definition) is 2. The van der Waals surface area contributed by atoms with Crippen LogP contribution in [-0.4, -0.2) is 30.9 Å². The highest BCUT2D eigenvalue weighted by atomic mass is 16.5. The lowest BCUT2D eigenvalue weighted by Crippen LogP contribution is -2.33. The molecule has 0 heterocycles. The van der Waals surface area contributed by atoms with Gasteiger partial charge < -0.3 is 15.2 Å². The summed E-state index contributed by atoms with van der Waals surface area (Å²) in [5.41, 5.74) is 2.25. The van der Waals surface area contributed by atoms with E-state index in [-0.39, 0.29) is 6.10 Å². The number of aliphatic hydroxyl groups excluding tert-OH is 1. The molecule has 1 rings (SSSR count). The summed E-state index contributed by atoms with van der Waals surface area (Å²) in [5, 5.41) is 13.2. The Hall–Kier alpha value is -1.06. The summed E-state index contributed by atoms with van der Waals surface area (Å²) in [6, 6.07) is 6.43. The first-order valence-electron chi connectivity index (χ1n) is 6.08. The molecule has 3 nitrogen and oxygen atoms in total. The van der Waals surface area contributed by atoms with E-state index in [2.05, 4.69) is 25.2 Å². The Morgan fingerprint density at radius 2 is 2.06 bits per heavy atom. The van der Waals surface area contributed by atoms with Gasteiger partial charge in [-0.1, -0.05) is 31.5 Å². The van der Waals surface area contributed by atoms with Gasteiger partial charge >= 0.3 is 0 Å². The number of methoxy groups -OCH3 is 1. The van der Waals surface area contributed by atoms with Gasteiger partial charge in [0.05, 0.1) is 13.2 Å². The molecular weight excluding hydrogens is 214 g/mol. The molecule has 1 aromatic rings. The first-order valence-corrected chi connectivity index (χ1v) is 6.08. The van der Waals surface area contributed by atoms with Crippen molar-refractivity contribution in [3.63, 3.8) is 0 Å². The van der Waals surface area contributed by atoms with Gasteiger partial charge in [0.1, 0.15) is 5.75 Å². The quantitative estimate of drug-likeness (QED) is 0.794. The van der Waals surface area contributed by atoms with Crippen LogP contribution in [0.5, 0.6) is 5.75 Å². The predicted molar refractivity (Wildman–Crippen MR) is 70.6 cm³/mol. The van der Waals surface area contributed by atoms with Gasteiger partial charge in [0.25, 0.3) is 0 Å². The molecule has 0 aromatic heterocycles. The molecule has 1 atom stereocenters. The van der Waals surface area contributed by atoms with Crippen LogP contribution in [0.3, 0.4) is 0 Å². The number of aryl methyl sites for hydroxylation is 1. The predicted octanol–water partition coefficient (Wildman–Crippen LogP) is 1.91. The highest BCUT2D eigenvalue weighted by Crippen LogP contribution is 2.21. The van der Waals surface area contributed by atoms with E-state index >= 15 is 0 Å². The summed E-state index contributed by atoms with van der Waals surface area (Å²) in [7, 11) is 1.66. The van der Waals surface area contributed by atoms with E-state index in [9.17, 15) is 5.11 Å². The molecule has 0 aliphatic carbocycles. The minimum absolute atomic E-state index is 0.381. The highest BCUT2D eigenvalue weighted by Gasteiger charge is 2.10. The standard InChI is InChI=1S/C14H23NO2/c1-10(2)15-9-13(16)8-12-7-11(3)5-6-14(12)17-4/h5-7,10,13,15-16H,8-9H2,1-4H3. The van der Waals surface area contributed by atoms with Crippen molar-refractivity contribution in [2.45, 2.75) is 39.3 Å². The lowest BCUT2D eigenvalue weighted by molar-refractivity contribution is 0.168. The van der Waals surface area contributed by atoms with Crippen LogP contribution in [0.4, 0.5) is 0 Å². The van der Waals surface area contributed by atoms with Crippen molar-refractivity contribution in [2.75, 3.05) is 13.7 Å². The Balaban J connectivity index is 2.63. The molecule has 1 aromatic carbocycles. The third-order valence-corrected chi connectivity index (χ3v) is 2.65. The van der Waals surface area contributed by atoms with Crippen LogP contribution in [0.15, 0.2) is 18.2 Å². The number of hydrogen-bond acceptors (Lipinski definition) is 3. The fourth-order valence-corrected chi connectivity index (χ4v) is 1.76. The van der Waals surface area contributed by atoms with Crippen LogP contribution < -0.4 is 10.1 Å². The van der Waals surface area contributed by atoms with Crippen molar-refractivity contribution in [1.82, 2.24) is 5.32 Å². The minimum atomic E-state index is -0.381. The van der Waals surface area contributed by atoms with Crippen molar-refractivity contribution in [3.05, 3.63) is 29.3 Å². The SMILES string of the molecule is COc1ccc(C)cc1CC(O)CNC(C)C. The molecule has 0 bridgehead atoms. The van der Waals surface area contributed by atoms with Gasteiger partial charge in [0.15, 0.2) is 0 Å². The first-order chi connectivity index (χ1) is 8.02. The van der Waals surface area contributed by atoms with Crippen LogP contribution in [0.25, 0.3) is 0 Å². The summed E-state index contributed by atoms with van der Waals surface area (Å²) in [5.74, 6) is 0.846. The third-order valence-electron chi connectivity index (χ3n) is 2.65. The maximum Gasteiger partial charge on any atom is 0.122 e. The zero-order valence-corrected chi connectivity index (χ0v) is 11.2. The highest BCUT2D eigenvalue weighted by molar-refractivity contribution is 5.37. The molecule has 0 amide bonds. The second-order valence-corrected chi connectivity index (χ2v) is 4.74. The van der Waals surface area contributed by atoms with Crippen molar-refractivity contribution >= 4 is 0 Å². The number of nitrogens with one attached hydrogen (secondary N) is 1. The van der Waals surface area contributed by atoms with E-state index in [0.717, 1.165) is 11.3 Å². The van der Waals surface area contributed by atoms with Crippen LogP contribution in [0.2, 0.25) is 0 Å². The van der Waals surface area contributed by atoms with Crippen molar-refractivity contribution < 1.29 is 9.84 Å². The zero-order valence-electron chi connectivity index (χ0n) is 11.2. The topological polar surface area (TPSA) is 41.5 Å². The Morgan fingerprint density at radius 3 is 2.65 bits per heavy atom. The molecule has 0 aliphatic rings. The second kappa shape index (κ2) is 6.62. The molecule has 0 saturated carbocycles. The largest absolute Gasteiger partial charge is 0.496 e. The molecule has 0 spiro atoms. The lowest BCUT2D eigenvalue weighted by atomic mass is 10.0. The van der Waals surface area contributed by atoms with E-state index in [0.29, 0.717) is 19.0 Å². The molecule has 0 aliphatic heterocycles. The van der Waals surface area contributed by atoms with E-state index in [1.54, 1.807) is 7.11 Å². The molecule has 2 N–H and O–H groups in total. The molecule has 1 unspecified atom stereocenters. The fraction of sp³-hybridized carbons (Fsp3) is 0.571. The van der Waals surface area contributed by atoms with E-state index < -0.39 is 0 Å². The smallest absolute Gasteiger partial charge is 0.122 e. The van der Waals surface area contributed by atoms with Gasteiger partial charge in [-0.25, -0.2) is 0 Å². The number of ether oxygens (including phenoxy) is 1. The lowest BCUT2D eigenvalue weighted by Gasteiger charge is -2.16. The molecule has 96 valence electrons. The van der Waals surface area contributed by atoms with Gasteiger partial charge in [0.2, 0.25) is 0 Å². The molecular formula is C14H23NO2. The van der Waals surface area contributed by atoms with E-state index in [4.69, 9.17) is 4.74 Å². The van der Waals surface area contributed by atoms with Crippen LogP contribution in [-0.2, 0) is 6.42 Å². The Labute approximate surface area is 104 Å². The molecule has 0 fully saturated rings. The summed E-state index contributed by atoms with van der Waals surface area (Å²) >= 11 is 0. The van der Waals surface area contributed by atoms with Crippen molar-refractivity contribution in [1.29, 1.82) is 0 Å². The van der Waals surface area contributed by atoms with Crippen molar-refractivity contribution in [2.24, 2.45) is 0 Å². The Morgan fingerprint density at radius 1 is 1.35 bits per heavy atom. The maximum absolute atomic E-state index is 9.94. The average Bonchev–Trinajstić information content (AvgIpc) is 2.27. The summed E-state index contributed by atoms with van der Waals surface area (Å²) in [6.45, 7) is 6.79. The van der Waals surface area contributed by atoms with Crippen LogP contribution >= 0.6 is 0 Å². The van der Waals surface area contributed by atoms with E-state index in [1.807, 2.05) is 19.1 Å². The summed E-state index contributed by atoms with van der Waals surface area (Å²) in [4.78, 5) is 0. The Kier molecular flexibility index (Phi) is 5.45. The van der Waals surface area contributed by atoms with E-state index in [1.165, 1.54) is 5.56 Å². The monoisotopic (exact) mass is 237 g/mol. The van der Waals surface area contributed by atoms with Gasteiger partial charge in [-0.2, -0.15) is 0 Å². The average molecular weight is 237 g/mol. The second-order valence-electron chi connectivity index (χ2n) is 4.74. The van der Waals surface area contributed by atoms with Gasteiger partial charge in [-0.3, -0.25) is 0 Å². The number of rotatable bonds is 6. The molecule has 3 heteroatoms. The molecule has 0 saturated heterocycles. The normalized spacial score (nSPS) is 12.8. The minimum Gasteiger partial charge on any atom is -0.496 e. The third kappa shape index (κ3) is 4.75. The van der Waals surface area contributed by atoms with Gasteiger partial charge in [-0.05, 0) is 18.6 Å². The van der Waals surface area contributed by atoms with Crippen LogP contribution in [0, 0.1) is 6.92 Å². The fourth-order valence-electron chi connectivity index (χ4n) is 1.76. The summed E-state index contributed by atoms with van der Waals surface area (Å²) in [6.07, 6.45) is 0.234. The van der Waals surface area contributed by atoms with Gasteiger partial charge in [0, 0.05) is 19.0 Å². The molecule has 17 heavy (non-hydrogen) atoms. The summed E-state index contributed by atoms with van der Waals surface area (Å²) < 4.78 is 5.30. The first kappa shape index (κ1) is 14.0. The van der Waals surface area contributed by atoms with Crippen LogP contribution in [0.1, 0.15) is 25.0 Å². The number of benzene rings is 1. The van der Waals surface area contributed by atoms with Crippen molar-refractivity contribution in [3.8, 4) is 5.75 Å².